The summed E-state index contributed by atoms with van der Waals surface area (Å²) in [5.41, 5.74) is 1.98. The number of nitrogens with one attached hydrogen (secondary N) is 2. The SMILES string of the molecule is O=C1CSc2ccc(C(=O)N[C@H]3CCSc4ccc(F)cc43)cc2N1. The van der Waals surface area contributed by atoms with E-state index in [9.17, 15) is 14.0 Å². The summed E-state index contributed by atoms with van der Waals surface area (Å²) in [6, 6.07) is 9.79. The van der Waals surface area contributed by atoms with Crippen molar-refractivity contribution in [1.29, 1.82) is 0 Å². The van der Waals surface area contributed by atoms with Crippen LogP contribution in [0.1, 0.15) is 28.4 Å². The lowest BCUT2D eigenvalue weighted by Crippen LogP contribution is -2.31. The van der Waals surface area contributed by atoms with E-state index in [1.54, 1.807) is 30.0 Å². The van der Waals surface area contributed by atoms with Gasteiger partial charge < -0.3 is 10.6 Å². The van der Waals surface area contributed by atoms with Crippen LogP contribution in [0.2, 0.25) is 0 Å². The van der Waals surface area contributed by atoms with Gasteiger partial charge in [-0.15, -0.1) is 23.5 Å². The van der Waals surface area contributed by atoms with Crippen molar-refractivity contribution >= 4 is 41.0 Å². The van der Waals surface area contributed by atoms with E-state index in [-0.39, 0.29) is 23.7 Å². The van der Waals surface area contributed by atoms with Crippen LogP contribution in [0.5, 0.6) is 0 Å². The van der Waals surface area contributed by atoms with Gasteiger partial charge in [-0.1, -0.05) is 0 Å². The van der Waals surface area contributed by atoms with Crippen molar-refractivity contribution in [2.24, 2.45) is 0 Å². The number of carbonyl (C=O) groups is 2. The van der Waals surface area contributed by atoms with Crippen molar-refractivity contribution in [2.45, 2.75) is 22.3 Å². The van der Waals surface area contributed by atoms with Crippen molar-refractivity contribution in [3.63, 3.8) is 0 Å². The lowest BCUT2D eigenvalue weighted by molar-refractivity contribution is -0.113. The van der Waals surface area contributed by atoms with Gasteiger partial charge >= 0.3 is 0 Å². The van der Waals surface area contributed by atoms with Crippen LogP contribution in [0.15, 0.2) is 46.2 Å². The molecule has 0 unspecified atom stereocenters. The van der Waals surface area contributed by atoms with E-state index in [0.717, 1.165) is 27.5 Å². The Hall–Kier alpha value is -1.99. The Labute approximate surface area is 153 Å². The zero-order valence-corrected chi connectivity index (χ0v) is 14.8. The molecule has 2 aliphatic heterocycles. The molecule has 0 bridgehead atoms. The number of rotatable bonds is 2. The molecular formula is C18H15FN2O2S2. The Balaban J connectivity index is 1.56. The normalized spacial score (nSPS) is 18.8. The van der Waals surface area contributed by atoms with Crippen LogP contribution in [0.4, 0.5) is 10.1 Å². The first-order chi connectivity index (χ1) is 12.1. The maximum Gasteiger partial charge on any atom is 0.251 e. The minimum absolute atomic E-state index is 0.0660. The average molecular weight is 374 g/mol. The summed E-state index contributed by atoms with van der Waals surface area (Å²) in [6.07, 6.45) is 0.754. The molecule has 0 spiro atoms. The zero-order chi connectivity index (χ0) is 17.4. The largest absolute Gasteiger partial charge is 0.345 e. The summed E-state index contributed by atoms with van der Waals surface area (Å²) in [4.78, 5) is 26.1. The number of hydrogen-bond acceptors (Lipinski definition) is 4. The Morgan fingerprint density at radius 3 is 2.88 bits per heavy atom. The Kier molecular flexibility index (Phi) is 4.43. The molecule has 25 heavy (non-hydrogen) atoms. The number of fused-ring (bicyclic) bond motifs is 2. The Morgan fingerprint density at radius 2 is 2.00 bits per heavy atom. The van der Waals surface area contributed by atoms with Crippen LogP contribution < -0.4 is 10.6 Å². The molecule has 2 aliphatic rings. The number of amides is 2. The molecule has 0 aliphatic carbocycles. The zero-order valence-electron chi connectivity index (χ0n) is 13.2. The van der Waals surface area contributed by atoms with E-state index >= 15 is 0 Å². The highest BCUT2D eigenvalue weighted by atomic mass is 32.2. The van der Waals surface area contributed by atoms with Gasteiger partial charge in [0.05, 0.1) is 17.5 Å². The Bertz CT molecular complexity index is 872. The number of hydrogen-bond donors (Lipinski definition) is 2. The molecule has 2 aromatic carbocycles. The highest BCUT2D eigenvalue weighted by molar-refractivity contribution is 8.00. The number of benzene rings is 2. The van der Waals surface area contributed by atoms with E-state index in [1.807, 2.05) is 6.07 Å². The second-order valence-electron chi connectivity index (χ2n) is 5.89. The van der Waals surface area contributed by atoms with E-state index in [4.69, 9.17) is 0 Å². The van der Waals surface area contributed by atoms with Crippen molar-refractivity contribution in [1.82, 2.24) is 5.32 Å². The molecule has 1 atom stereocenters. The van der Waals surface area contributed by atoms with Crippen molar-refractivity contribution in [3.05, 3.63) is 53.3 Å². The molecule has 2 heterocycles. The lowest BCUT2D eigenvalue weighted by Gasteiger charge is -2.26. The number of anilines is 1. The van der Waals surface area contributed by atoms with Gasteiger partial charge in [0.2, 0.25) is 5.91 Å². The van der Waals surface area contributed by atoms with Gasteiger partial charge in [0.1, 0.15) is 5.82 Å². The van der Waals surface area contributed by atoms with E-state index in [2.05, 4.69) is 10.6 Å². The van der Waals surface area contributed by atoms with Gasteiger partial charge in [-0.3, -0.25) is 9.59 Å². The first kappa shape index (κ1) is 16.5. The van der Waals surface area contributed by atoms with Gasteiger partial charge in [0.25, 0.3) is 5.91 Å². The molecule has 0 saturated heterocycles. The van der Waals surface area contributed by atoms with E-state index in [0.29, 0.717) is 17.0 Å². The molecule has 4 nitrogen and oxygen atoms in total. The average Bonchev–Trinajstić information content (AvgIpc) is 2.61. The molecule has 0 fully saturated rings. The molecule has 2 amide bonds. The van der Waals surface area contributed by atoms with Crippen LogP contribution in [0.25, 0.3) is 0 Å². The third-order valence-corrected chi connectivity index (χ3v) is 6.39. The topological polar surface area (TPSA) is 58.2 Å². The second kappa shape index (κ2) is 6.72. The van der Waals surface area contributed by atoms with Crippen molar-refractivity contribution < 1.29 is 14.0 Å². The molecule has 2 N–H and O–H groups in total. The summed E-state index contributed by atoms with van der Waals surface area (Å²) >= 11 is 3.13. The summed E-state index contributed by atoms with van der Waals surface area (Å²) in [7, 11) is 0. The summed E-state index contributed by atoms with van der Waals surface area (Å²) in [5, 5.41) is 5.79. The molecule has 2 aromatic rings. The standard InChI is InChI=1S/C18H15FN2O2S2/c19-11-2-4-15-12(8-11)13(5-6-24-15)21-18(23)10-1-3-16-14(7-10)20-17(22)9-25-16/h1-4,7-8,13H,5-6,9H2,(H,20,22)(H,21,23)/t13-/m0/s1. The molecule has 128 valence electrons. The molecule has 0 aromatic heterocycles. The number of carbonyl (C=O) groups excluding carboxylic acids is 2. The highest BCUT2D eigenvalue weighted by Gasteiger charge is 2.24. The second-order valence-corrected chi connectivity index (χ2v) is 8.05. The minimum Gasteiger partial charge on any atom is -0.345 e. The molecule has 7 heteroatoms. The van der Waals surface area contributed by atoms with Crippen molar-refractivity contribution in [2.75, 3.05) is 16.8 Å². The quantitative estimate of drug-likeness (QED) is 0.839. The molecule has 4 rings (SSSR count). The number of halogens is 1. The lowest BCUT2D eigenvalue weighted by atomic mass is 10.0. The predicted molar refractivity (Wildman–Crippen MR) is 97.7 cm³/mol. The highest BCUT2D eigenvalue weighted by Crippen LogP contribution is 2.37. The molecular weight excluding hydrogens is 359 g/mol. The summed E-state index contributed by atoms with van der Waals surface area (Å²) in [5.74, 6) is 0.679. The van der Waals surface area contributed by atoms with Crippen LogP contribution in [0, 0.1) is 5.82 Å². The fourth-order valence-corrected chi connectivity index (χ4v) is 4.88. The van der Waals surface area contributed by atoms with Gasteiger partial charge in [-0.25, -0.2) is 4.39 Å². The van der Waals surface area contributed by atoms with E-state index < -0.39 is 0 Å². The Morgan fingerprint density at radius 1 is 1.16 bits per heavy atom. The fraction of sp³-hybridized carbons (Fsp3) is 0.222. The maximum absolute atomic E-state index is 13.6. The van der Waals surface area contributed by atoms with E-state index in [1.165, 1.54) is 23.9 Å². The monoisotopic (exact) mass is 374 g/mol. The number of thioether (sulfide) groups is 2. The summed E-state index contributed by atoms with van der Waals surface area (Å²) < 4.78 is 13.6. The smallest absolute Gasteiger partial charge is 0.251 e. The van der Waals surface area contributed by atoms with Gasteiger partial charge in [-0.2, -0.15) is 0 Å². The fourth-order valence-electron chi connectivity index (χ4n) is 2.98. The van der Waals surface area contributed by atoms with Crippen molar-refractivity contribution in [3.8, 4) is 0 Å². The van der Waals surface area contributed by atoms with Gasteiger partial charge in [-0.05, 0) is 48.4 Å². The van der Waals surface area contributed by atoms with Gasteiger partial charge in [0.15, 0.2) is 0 Å². The van der Waals surface area contributed by atoms with Crippen LogP contribution >= 0.6 is 23.5 Å². The first-order valence-electron chi connectivity index (χ1n) is 7.90. The molecule has 0 saturated carbocycles. The summed E-state index contributed by atoms with van der Waals surface area (Å²) in [6.45, 7) is 0. The molecule has 0 radical (unpaired) electrons. The predicted octanol–water partition coefficient (Wildman–Crippen LogP) is 3.84. The third-order valence-electron chi connectivity index (χ3n) is 4.19. The maximum atomic E-state index is 13.6. The van der Waals surface area contributed by atoms with Crippen LogP contribution in [-0.2, 0) is 4.79 Å². The minimum atomic E-state index is -0.297. The first-order valence-corrected chi connectivity index (χ1v) is 9.87. The van der Waals surface area contributed by atoms with Gasteiger partial charge in [0, 0.05) is 21.1 Å². The third kappa shape index (κ3) is 3.39. The van der Waals surface area contributed by atoms with Crippen LogP contribution in [0.3, 0.4) is 0 Å². The van der Waals surface area contributed by atoms with Crippen LogP contribution in [-0.4, -0.2) is 23.3 Å².